The van der Waals surface area contributed by atoms with Crippen molar-refractivity contribution in [2.45, 2.75) is 20.8 Å². The lowest BCUT2D eigenvalue weighted by Gasteiger charge is -2.29. The van der Waals surface area contributed by atoms with Crippen LogP contribution in [0, 0.1) is 13.8 Å². The lowest BCUT2D eigenvalue weighted by Crippen LogP contribution is -2.43. The maximum atomic E-state index is 13.5. The van der Waals surface area contributed by atoms with Crippen LogP contribution in [0.4, 0.5) is 5.13 Å². The van der Waals surface area contributed by atoms with Crippen LogP contribution in [0.3, 0.4) is 0 Å². The SMILES string of the molecule is CC(=O)c1ccc(C(=O)N(CCN2CCOCC2)c2nc3cc(C)c(C)cc3s2)cc1. The number of morpholine rings is 1. The van der Waals surface area contributed by atoms with Crippen molar-refractivity contribution in [1.82, 2.24) is 9.88 Å². The maximum Gasteiger partial charge on any atom is 0.260 e. The summed E-state index contributed by atoms with van der Waals surface area (Å²) in [5, 5.41) is 0.703. The van der Waals surface area contributed by atoms with E-state index in [1.807, 2.05) is 0 Å². The van der Waals surface area contributed by atoms with Gasteiger partial charge in [-0.25, -0.2) is 4.98 Å². The Morgan fingerprint density at radius 2 is 1.71 bits per heavy atom. The molecule has 6 nitrogen and oxygen atoms in total. The Bertz CT molecular complexity index is 1060. The topological polar surface area (TPSA) is 62.7 Å². The summed E-state index contributed by atoms with van der Waals surface area (Å²) < 4.78 is 6.52. The molecule has 0 radical (unpaired) electrons. The summed E-state index contributed by atoms with van der Waals surface area (Å²) in [5.41, 5.74) is 4.48. The van der Waals surface area contributed by atoms with Crippen LogP contribution in [-0.2, 0) is 4.74 Å². The van der Waals surface area contributed by atoms with E-state index < -0.39 is 0 Å². The van der Waals surface area contributed by atoms with E-state index in [9.17, 15) is 9.59 Å². The molecule has 3 aromatic rings. The summed E-state index contributed by atoms with van der Waals surface area (Å²) >= 11 is 1.54. The summed E-state index contributed by atoms with van der Waals surface area (Å²) in [6.07, 6.45) is 0. The van der Waals surface area contributed by atoms with Gasteiger partial charge in [0.1, 0.15) is 0 Å². The smallest absolute Gasteiger partial charge is 0.260 e. The Labute approximate surface area is 186 Å². The molecule has 1 saturated heterocycles. The molecular formula is C24H27N3O3S. The monoisotopic (exact) mass is 437 g/mol. The number of ether oxygens (including phenoxy) is 1. The molecule has 31 heavy (non-hydrogen) atoms. The number of benzene rings is 2. The van der Waals surface area contributed by atoms with Gasteiger partial charge in [0, 0.05) is 37.3 Å². The molecule has 1 aromatic heterocycles. The second kappa shape index (κ2) is 9.26. The first kappa shape index (κ1) is 21.6. The molecule has 0 unspecified atom stereocenters. The van der Waals surface area contributed by atoms with E-state index in [0.717, 1.165) is 43.1 Å². The molecule has 7 heteroatoms. The molecule has 4 rings (SSSR count). The number of carbonyl (C=O) groups is 2. The number of anilines is 1. The standard InChI is InChI=1S/C24H27N3O3S/c1-16-14-21-22(15-17(16)2)31-24(25-21)27(9-8-26-10-12-30-13-11-26)23(29)20-6-4-19(5-7-20)18(3)28/h4-7,14-15H,8-13H2,1-3H3. The Balaban J connectivity index is 1.64. The molecule has 0 N–H and O–H groups in total. The van der Waals surface area contributed by atoms with Crippen molar-refractivity contribution >= 4 is 38.4 Å². The molecule has 0 saturated carbocycles. The minimum absolute atomic E-state index is 0.0138. The van der Waals surface area contributed by atoms with Gasteiger partial charge in [0.25, 0.3) is 5.91 Å². The van der Waals surface area contributed by atoms with Crippen molar-refractivity contribution in [3.63, 3.8) is 0 Å². The minimum atomic E-state index is -0.101. The largest absolute Gasteiger partial charge is 0.379 e. The minimum Gasteiger partial charge on any atom is -0.379 e. The van der Waals surface area contributed by atoms with Crippen LogP contribution in [0.1, 0.15) is 38.8 Å². The van der Waals surface area contributed by atoms with Gasteiger partial charge >= 0.3 is 0 Å². The van der Waals surface area contributed by atoms with E-state index in [-0.39, 0.29) is 11.7 Å². The quantitative estimate of drug-likeness (QED) is 0.544. The predicted molar refractivity (Wildman–Crippen MR) is 124 cm³/mol. The second-order valence-electron chi connectivity index (χ2n) is 7.94. The molecule has 1 aliphatic rings. The van der Waals surface area contributed by atoms with Gasteiger partial charge in [-0.05, 0) is 56.2 Å². The number of fused-ring (bicyclic) bond motifs is 1. The Kier molecular flexibility index (Phi) is 6.46. The molecule has 0 aliphatic carbocycles. The summed E-state index contributed by atoms with van der Waals surface area (Å²) in [6.45, 7) is 10.2. The first-order valence-corrected chi connectivity index (χ1v) is 11.3. The molecule has 0 bridgehead atoms. The average Bonchev–Trinajstić information content (AvgIpc) is 3.17. The summed E-state index contributed by atoms with van der Waals surface area (Å²) in [4.78, 5) is 33.9. The number of nitrogens with zero attached hydrogens (tertiary/aromatic N) is 3. The third kappa shape index (κ3) is 4.84. The van der Waals surface area contributed by atoms with Gasteiger partial charge in [0.2, 0.25) is 0 Å². The van der Waals surface area contributed by atoms with E-state index in [4.69, 9.17) is 9.72 Å². The zero-order chi connectivity index (χ0) is 22.0. The second-order valence-corrected chi connectivity index (χ2v) is 8.95. The Morgan fingerprint density at radius 1 is 1.06 bits per heavy atom. The fourth-order valence-electron chi connectivity index (χ4n) is 3.64. The first-order chi connectivity index (χ1) is 14.9. The van der Waals surface area contributed by atoms with Gasteiger partial charge in [-0.2, -0.15) is 0 Å². The van der Waals surface area contributed by atoms with Gasteiger partial charge < -0.3 is 4.74 Å². The molecular weight excluding hydrogens is 410 g/mol. The highest BCUT2D eigenvalue weighted by atomic mass is 32.1. The highest BCUT2D eigenvalue weighted by Crippen LogP contribution is 2.31. The zero-order valence-electron chi connectivity index (χ0n) is 18.2. The number of carbonyl (C=O) groups excluding carboxylic acids is 2. The van der Waals surface area contributed by atoms with Crippen molar-refractivity contribution in [2.24, 2.45) is 0 Å². The number of rotatable bonds is 6. The molecule has 2 heterocycles. The van der Waals surface area contributed by atoms with Gasteiger partial charge in [0.05, 0.1) is 23.4 Å². The van der Waals surface area contributed by atoms with E-state index in [0.29, 0.717) is 22.8 Å². The zero-order valence-corrected chi connectivity index (χ0v) is 19.0. The number of ketones is 1. The van der Waals surface area contributed by atoms with Crippen molar-refractivity contribution in [2.75, 3.05) is 44.3 Å². The molecule has 1 amide bonds. The van der Waals surface area contributed by atoms with Crippen molar-refractivity contribution < 1.29 is 14.3 Å². The first-order valence-electron chi connectivity index (χ1n) is 10.5. The number of aryl methyl sites for hydroxylation is 2. The van der Waals surface area contributed by atoms with Gasteiger partial charge in [-0.15, -0.1) is 0 Å². The third-order valence-electron chi connectivity index (χ3n) is 5.75. The van der Waals surface area contributed by atoms with Crippen molar-refractivity contribution in [3.05, 3.63) is 58.7 Å². The highest BCUT2D eigenvalue weighted by molar-refractivity contribution is 7.22. The van der Waals surface area contributed by atoms with Crippen LogP contribution in [0.15, 0.2) is 36.4 Å². The summed E-state index contributed by atoms with van der Waals surface area (Å²) in [7, 11) is 0. The number of aromatic nitrogens is 1. The molecule has 1 aliphatic heterocycles. The fourth-order valence-corrected chi connectivity index (χ4v) is 4.71. The Morgan fingerprint density at radius 3 is 2.39 bits per heavy atom. The van der Waals surface area contributed by atoms with Crippen LogP contribution in [0.2, 0.25) is 0 Å². The highest BCUT2D eigenvalue weighted by Gasteiger charge is 2.23. The third-order valence-corrected chi connectivity index (χ3v) is 6.79. The summed E-state index contributed by atoms with van der Waals surface area (Å²) in [5.74, 6) is -0.115. The molecule has 0 spiro atoms. The normalized spacial score (nSPS) is 14.7. The molecule has 0 atom stereocenters. The number of hydrogen-bond acceptors (Lipinski definition) is 6. The van der Waals surface area contributed by atoms with E-state index >= 15 is 0 Å². The lowest BCUT2D eigenvalue weighted by molar-refractivity contribution is 0.0391. The lowest BCUT2D eigenvalue weighted by atomic mass is 10.1. The summed E-state index contributed by atoms with van der Waals surface area (Å²) in [6, 6.07) is 11.1. The fraction of sp³-hybridized carbons (Fsp3) is 0.375. The van der Waals surface area contributed by atoms with Gasteiger partial charge in [0.15, 0.2) is 10.9 Å². The number of Topliss-reactive ketones (excluding diaryl/α,β-unsaturated/α-hetero) is 1. The van der Waals surface area contributed by atoms with Gasteiger partial charge in [-0.1, -0.05) is 23.5 Å². The number of hydrogen-bond donors (Lipinski definition) is 0. The van der Waals surface area contributed by atoms with Crippen LogP contribution in [0.5, 0.6) is 0 Å². The predicted octanol–water partition coefficient (Wildman–Crippen LogP) is 4.09. The average molecular weight is 438 g/mol. The van der Waals surface area contributed by atoms with Crippen LogP contribution < -0.4 is 4.90 Å². The van der Waals surface area contributed by atoms with Gasteiger partial charge in [-0.3, -0.25) is 19.4 Å². The van der Waals surface area contributed by atoms with Crippen molar-refractivity contribution in [3.8, 4) is 0 Å². The van der Waals surface area contributed by atoms with Crippen LogP contribution in [-0.4, -0.2) is 61.0 Å². The van der Waals surface area contributed by atoms with E-state index in [2.05, 4.69) is 30.9 Å². The number of thiazole rings is 1. The van der Waals surface area contributed by atoms with Crippen molar-refractivity contribution in [1.29, 1.82) is 0 Å². The Hall–Kier alpha value is -2.61. The van der Waals surface area contributed by atoms with Crippen LogP contribution >= 0.6 is 11.3 Å². The van der Waals surface area contributed by atoms with E-state index in [1.165, 1.54) is 18.1 Å². The van der Waals surface area contributed by atoms with Crippen LogP contribution in [0.25, 0.3) is 10.2 Å². The number of amides is 1. The molecule has 162 valence electrons. The molecule has 2 aromatic carbocycles. The maximum absolute atomic E-state index is 13.5. The van der Waals surface area contributed by atoms with E-state index in [1.54, 1.807) is 40.5 Å². The molecule has 1 fully saturated rings.